The summed E-state index contributed by atoms with van der Waals surface area (Å²) in [7, 11) is -1.28. The zero-order valence-electron chi connectivity index (χ0n) is 27.8. The minimum Gasteiger partial charge on any atom is -0.490 e. The lowest BCUT2D eigenvalue weighted by molar-refractivity contribution is -0.181. The number of halogens is 1. The molecular weight excluding hydrogens is 620 g/mol. The Morgan fingerprint density at radius 1 is 1.20 bits per heavy atom. The van der Waals surface area contributed by atoms with E-state index >= 15 is 0 Å². The predicted octanol–water partition coefficient (Wildman–Crippen LogP) is 6.34. The zero-order valence-corrected chi connectivity index (χ0v) is 29.4. The van der Waals surface area contributed by atoms with Gasteiger partial charge in [0.25, 0.3) is 5.91 Å². The Kier molecular flexibility index (Phi) is 8.84. The van der Waals surface area contributed by atoms with Gasteiger partial charge in [-0.05, 0) is 124 Å². The van der Waals surface area contributed by atoms with Crippen molar-refractivity contribution in [1.82, 2.24) is 4.72 Å². The fraction of sp³-hybridized carbons (Fsp3) is 0.568. The topological polar surface area (TPSA) is 88.1 Å². The monoisotopic (exact) mass is 668 g/mol. The molecule has 1 saturated carbocycles. The third kappa shape index (κ3) is 5.78. The lowest BCUT2D eigenvalue weighted by Crippen LogP contribution is -2.61. The van der Waals surface area contributed by atoms with Crippen molar-refractivity contribution in [3.05, 3.63) is 70.3 Å². The molecule has 0 saturated heterocycles. The van der Waals surface area contributed by atoms with Gasteiger partial charge >= 0.3 is 0 Å². The Morgan fingerprint density at radius 2 is 1.98 bits per heavy atom. The highest BCUT2D eigenvalue weighted by Gasteiger charge is 2.55. The molecule has 6 rings (SSSR count). The third-order valence-corrected chi connectivity index (χ3v) is 14.0. The van der Waals surface area contributed by atoms with Gasteiger partial charge in [0.15, 0.2) is 0 Å². The molecule has 2 aromatic rings. The van der Waals surface area contributed by atoms with Gasteiger partial charge in [0.2, 0.25) is 0 Å². The van der Waals surface area contributed by atoms with Crippen molar-refractivity contribution < 1.29 is 23.6 Å². The molecule has 2 bridgehead atoms. The number of carbonyl (C=O) groups is 1. The van der Waals surface area contributed by atoms with E-state index in [0.717, 1.165) is 48.6 Å². The quantitative estimate of drug-likeness (QED) is 0.287. The van der Waals surface area contributed by atoms with Gasteiger partial charge < -0.3 is 19.5 Å². The average molecular weight is 669 g/mol. The van der Waals surface area contributed by atoms with E-state index in [1.807, 2.05) is 52.0 Å². The summed E-state index contributed by atoms with van der Waals surface area (Å²) in [5.74, 6) is 4.58. The van der Waals surface area contributed by atoms with Crippen molar-refractivity contribution in [3.63, 3.8) is 0 Å². The number of nitrogens with zero attached hydrogens (tertiary/aromatic N) is 1. The summed E-state index contributed by atoms with van der Waals surface area (Å²) >= 11 is 6.45. The standard InChI is InChI=1S/C37H49ClN2O5S/c1-24-9-7-18-37(44-5,35(3,4)42)31-14-11-28(31)21-40-22-36(17-8-10-26-19-29(38)13-15-30(26)36)23-45-33-16-12-27(20-32(33)40)34(41)39-46(6,43)25(24)2/h7,12-13,15-16,18-20,24-25,28,31,42H,6,8-11,14,17,21-23H2,1-5H3,(H,39,41,43)/b18-7+/t24-,25+,28-,31+,36-,37+,46?/m0/s1. The van der Waals surface area contributed by atoms with Crippen LogP contribution in [0.2, 0.25) is 5.02 Å². The van der Waals surface area contributed by atoms with Gasteiger partial charge in [-0.3, -0.25) is 9.52 Å². The molecule has 2 heterocycles. The summed E-state index contributed by atoms with van der Waals surface area (Å²) in [6.07, 6.45) is 9.63. The molecule has 2 N–H and O–H groups in total. The number of hydrogen-bond acceptors (Lipinski definition) is 6. The predicted molar refractivity (Wildman–Crippen MR) is 188 cm³/mol. The van der Waals surface area contributed by atoms with Gasteiger partial charge in [0.05, 0.1) is 27.6 Å². The Labute approximate surface area is 279 Å². The van der Waals surface area contributed by atoms with Crippen molar-refractivity contribution in [2.45, 2.75) is 88.1 Å². The summed E-state index contributed by atoms with van der Waals surface area (Å²) in [5, 5.41) is 12.0. The molecule has 250 valence electrons. The largest absolute Gasteiger partial charge is 0.490 e. The Hall–Kier alpha value is -2.52. The number of hydrogen-bond donors (Lipinski definition) is 2. The van der Waals surface area contributed by atoms with E-state index < -0.39 is 26.8 Å². The van der Waals surface area contributed by atoms with Crippen LogP contribution >= 0.6 is 11.6 Å². The van der Waals surface area contributed by atoms with E-state index in [9.17, 15) is 14.1 Å². The second kappa shape index (κ2) is 12.2. The van der Waals surface area contributed by atoms with Gasteiger partial charge in [0, 0.05) is 41.5 Å². The van der Waals surface area contributed by atoms with E-state index in [2.05, 4.69) is 33.7 Å². The Morgan fingerprint density at radius 3 is 2.67 bits per heavy atom. The molecule has 1 amide bonds. The van der Waals surface area contributed by atoms with Crippen LogP contribution in [0.1, 0.15) is 81.3 Å². The first-order valence-electron chi connectivity index (χ1n) is 16.6. The number of benzene rings is 2. The normalized spacial score (nSPS) is 35.5. The first-order valence-corrected chi connectivity index (χ1v) is 18.8. The Bertz CT molecular complexity index is 1630. The van der Waals surface area contributed by atoms with Crippen LogP contribution in [-0.2, 0) is 26.3 Å². The van der Waals surface area contributed by atoms with E-state index in [0.29, 0.717) is 31.7 Å². The second-order valence-corrected chi connectivity index (χ2v) is 17.6. The number of carbonyl (C=O) groups excluding carboxylic acids is 1. The maximum absolute atomic E-state index is 13.8. The molecule has 2 aromatic carbocycles. The van der Waals surface area contributed by atoms with Gasteiger partial charge in [0.1, 0.15) is 11.4 Å². The average Bonchev–Trinajstić information content (AvgIpc) is 3.13. The van der Waals surface area contributed by atoms with Crippen LogP contribution in [0, 0.1) is 17.8 Å². The van der Waals surface area contributed by atoms with Crippen LogP contribution in [0.25, 0.3) is 0 Å². The molecule has 1 fully saturated rings. The maximum Gasteiger partial charge on any atom is 0.262 e. The van der Waals surface area contributed by atoms with E-state index in [1.54, 1.807) is 13.2 Å². The highest BCUT2D eigenvalue weighted by atomic mass is 35.5. The smallest absolute Gasteiger partial charge is 0.262 e. The summed E-state index contributed by atoms with van der Waals surface area (Å²) in [4.78, 5) is 16.0. The third-order valence-electron chi connectivity index (χ3n) is 11.6. The highest BCUT2D eigenvalue weighted by molar-refractivity contribution is 7.99. The van der Waals surface area contributed by atoms with E-state index in [-0.39, 0.29) is 28.4 Å². The number of anilines is 1. The summed E-state index contributed by atoms with van der Waals surface area (Å²) in [6.45, 7) is 9.50. The second-order valence-electron chi connectivity index (χ2n) is 14.8. The van der Waals surface area contributed by atoms with Crippen molar-refractivity contribution in [3.8, 4) is 5.75 Å². The summed E-state index contributed by atoms with van der Waals surface area (Å²) in [5.41, 5.74) is 1.50. The minimum absolute atomic E-state index is 0.0385. The lowest BCUT2D eigenvalue weighted by atomic mass is 9.59. The number of nitrogens with one attached hydrogen (secondary N) is 1. The fourth-order valence-electron chi connectivity index (χ4n) is 8.47. The van der Waals surface area contributed by atoms with Gasteiger partial charge in [-0.2, -0.15) is 0 Å². The van der Waals surface area contributed by atoms with E-state index in [1.165, 1.54) is 11.1 Å². The number of allylic oxidation sites excluding steroid dienone is 1. The lowest BCUT2D eigenvalue weighted by Gasteiger charge is -2.54. The SMILES string of the molecule is C=S1(=O)NC(=O)c2ccc3c(c2)N(C[C@@H]2CC[C@H]2[C@@](OC)(C(C)(C)O)/C=C/C[C@H](C)[C@H]1C)C[C@@]1(CCCc2cc(Cl)ccc21)CO3. The van der Waals surface area contributed by atoms with Crippen LogP contribution in [0.3, 0.4) is 0 Å². The number of amides is 1. The summed E-state index contributed by atoms with van der Waals surface area (Å²) in [6, 6.07) is 11.8. The van der Waals surface area contributed by atoms with Gasteiger partial charge in [-0.15, -0.1) is 0 Å². The Balaban J connectivity index is 1.48. The van der Waals surface area contributed by atoms with E-state index in [4.69, 9.17) is 21.1 Å². The number of aryl methyl sites for hydroxylation is 1. The molecular formula is C37H49ClN2O5S. The van der Waals surface area contributed by atoms with Gasteiger partial charge in [-0.1, -0.05) is 36.7 Å². The van der Waals surface area contributed by atoms with Crippen molar-refractivity contribution >= 4 is 38.8 Å². The molecule has 4 aliphatic rings. The highest BCUT2D eigenvalue weighted by Crippen LogP contribution is 2.51. The molecule has 0 radical (unpaired) electrons. The van der Waals surface area contributed by atoms with Crippen LogP contribution in [-0.4, -0.2) is 64.4 Å². The molecule has 2 aliphatic carbocycles. The molecule has 1 unspecified atom stereocenters. The molecule has 2 aliphatic heterocycles. The van der Waals surface area contributed by atoms with Crippen LogP contribution in [0.4, 0.5) is 5.69 Å². The van der Waals surface area contributed by atoms with Crippen LogP contribution in [0.5, 0.6) is 5.75 Å². The molecule has 7 atom stereocenters. The molecule has 9 heteroatoms. The fourth-order valence-corrected chi connectivity index (χ4v) is 10.1. The molecule has 7 nitrogen and oxygen atoms in total. The van der Waals surface area contributed by atoms with Gasteiger partial charge in [-0.25, -0.2) is 4.21 Å². The van der Waals surface area contributed by atoms with Crippen molar-refractivity contribution in [2.75, 3.05) is 31.7 Å². The molecule has 46 heavy (non-hydrogen) atoms. The van der Waals surface area contributed by atoms with Crippen LogP contribution in [0.15, 0.2) is 48.6 Å². The maximum atomic E-state index is 13.8. The van der Waals surface area contributed by atoms with Crippen molar-refractivity contribution in [2.24, 2.45) is 17.8 Å². The number of rotatable bonds is 2. The number of methoxy groups -OCH3 is 1. The molecule has 1 spiro atoms. The minimum atomic E-state index is -2.98. The number of fused-ring (bicyclic) bond motifs is 4. The first-order chi connectivity index (χ1) is 21.7. The number of aliphatic hydroxyl groups is 1. The van der Waals surface area contributed by atoms with Crippen LogP contribution < -0.4 is 14.4 Å². The summed E-state index contributed by atoms with van der Waals surface area (Å²) < 4.78 is 29.6. The first kappa shape index (κ1) is 33.4. The number of ether oxygens (including phenoxy) is 2. The van der Waals surface area contributed by atoms with Crippen molar-refractivity contribution in [1.29, 1.82) is 0 Å². The molecule has 0 aromatic heterocycles. The zero-order chi connectivity index (χ0) is 33.1.